The van der Waals surface area contributed by atoms with Gasteiger partial charge < -0.3 is 5.73 Å². The monoisotopic (exact) mass is 246 g/mol. The molecule has 1 aromatic rings. The molecule has 2 N–H and O–H groups in total. The quantitative estimate of drug-likeness (QED) is 0.888. The van der Waals surface area contributed by atoms with Gasteiger partial charge in [0.1, 0.15) is 0 Å². The highest BCUT2D eigenvalue weighted by Crippen LogP contribution is 2.30. The number of rotatable bonds is 3. The Morgan fingerprint density at radius 3 is 2.50 bits per heavy atom. The molecule has 1 saturated heterocycles. The largest absolute Gasteiger partial charge is 0.329 e. The third-order valence-electron chi connectivity index (χ3n) is 4.25. The van der Waals surface area contributed by atoms with Crippen molar-refractivity contribution in [2.75, 3.05) is 13.1 Å². The molecule has 0 saturated carbocycles. The van der Waals surface area contributed by atoms with Crippen LogP contribution in [-0.2, 0) is 0 Å². The van der Waals surface area contributed by atoms with E-state index in [1.54, 1.807) is 0 Å². The Labute approximate surface area is 111 Å². The summed E-state index contributed by atoms with van der Waals surface area (Å²) in [6, 6.07) is 9.88. The van der Waals surface area contributed by atoms with Gasteiger partial charge in [-0.25, -0.2) is 0 Å². The molecular weight excluding hydrogens is 220 g/mol. The smallest absolute Gasteiger partial charge is 0.0473 e. The Balaban J connectivity index is 2.19. The summed E-state index contributed by atoms with van der Waals surface area (Å²) in [5.41, 5.74) is 8.72. The summed E-state index contributed by atoms with van der Waals surface area (Å²) < 4.78 is 0. The molecular formula is C16H26N2. The maximum atomic E-state index is 6.04. The Hall–Kier alpha value is -0.860. The third-order valence-corrected chi connectivity index (χ3v) is 4.25. The molecule has 100 valence electrons. The molecule has 0 aliphatic carbocycles. The Morgan fingerprint density at radius 1 is 1.22 bits per heavy atom. The molecule has 0 radical (unpaired) electrons. The lowest BCUT2D eigenvalue weighted by Gasteiger charge is -2.42. The van der Waals surface area contributed by atoms with Gasteiger partial charge in [-0.1, -0.05) is 36.8 Å². The Morgan fingerprint density at radius 2 is 1.89 bits per heavy atom. The van der Waals surface area contributed by atoms with Crippen molar-refractivity contribution in [1.82, 2.24) is 4.90 Å². The summed E-state index contributed by atoms with van der Waals surface area (Å²) in [4.78, 5) is 2.60. The van der Waals surface area contributed by atoms with E-state index in [9.17, 15) is 0 Å². The minimum absolute atomic E-state index is 0.378. The summed E-state index contributed by atoms with van der Waals surface area (Å²) in [6.07, 6.45) is 2.65. The second-order valence-corrected chi connectivity index (χ2v) is 5.89. The highest BCUT2D eigenvalue weighted by Gasteiger charge is 2.29. The molecule has 0 amide bonds. The molecule has 1 aliphatic heterocycles. The Kier molecular flexibility index (Phi) is 4.41. The second-order valence-electron chi connectivity index (χ2n) is 5.89. The van der Waals surface area contributed by atoms with Gasteiger partial charge in [-0.2, -0.15) is 0 Å². The predicted molar refractivity (Wildman–Crippen MR) is 77.5 cm³/mol. The zero-order chi connectivity index (χ0) is 13.1. The molecule has 1 aliphatic rings. The first-order chi connectivity index (χ1) is 8.61. The van der Waals surface area contributed by atoms with Crippen LogP contribution in [0.4, 0.5) is 0 Å². The topological polar surface area (TPSA) is 29.3 Å². The molecule has 18 heavy (non-hydrogen) atoms. The molecule has 2 heteroatoms. The molecule has 1 heterocycles. The van der Waals surface area contributed by atoms with Crippen LogP contribution in [0, 0.1) is 12.8 Å². The number of likely N-dealkylation sites (tertiary alicyclic amines) is 1. The molecule has 2 rings (SSSR count). The van der Waals surface area contributed by atoms with Gasteiger partial charge in [-0.15, -0.1) is 0 Å². The highest BCUT2D eigenvalue weighted by molar-refractivity contribution is 5.24. The van der Waals surface area contributed by atoms with E-state index in [1.165, 1.54) is 30.5 Å². The van der Waals surface area contributed by atoms with Gasteiger partial charge >= 0.3 is 0 Å². The normalized spacial score (nSPS) is 27.1. The van der Waals surface area contributed by atoms with Crippen LogP contribution in [0.1, 0.15) is 43.9 Å². The molecule has 3 unspecified atom stereocenters. The van der Waals surface area contributed by atoms with Crippen molar-refractivity contribution in [3.63, 3.8) is 0 Å². The lowest BCUT2D eigenvalue weighted by Crippen LogP contribution is -2.45. The van der Waals surface area contributed by atoms with Crippen molar-refractivity contribution in [2.45, 2.75) is 45.7 Å². The van der Waals surface area contributed by atoms with Crippen LogP contribution < -0.4 is 5.73 Å². The van der Waals surface area contributed by atoms with Crippen LogP contribution >= 0.6 is 0 Å². The van der Waals surface area contributed by atoms with E-state index < -0.39 is 0 Å². The average molecular weight is 246 g/mol. The van der Waals surface area contributed by atoms with E-state index in [1.807, 2.05) is 0 Å². The fourth-order valence-electron chi connectivity index (χ4n) is 3.01. The standard InChI is InChI=1S/C16H26N2/c1-12-5-8-15(9-6-12)16(10-17)18-11-13(2)4-7-14(18)3/h5-6,8-9,13-14,16H,4,7,10-11,17H2,1-3H3. The van der Waals surface area contributed by atoms with Gasteiger partial charge in [0.2, 0.25) is 0 Å². The van der Waals surface area contributed by atoms with Gasteiger partial charge in [0.25, 0.3) is 0 Å². The lowest BCUT2D eigenvalue weighted by atomic mass is 9.91. The SMILES string of the molecule is Cc1ccc(C(CN)N2CC(C)CCC2C)cc1. The second kappa shape index (κ2) is 5.85. The van der Waals surface area contributed by atoms with Crippen LogP contribution in [0.15, 0.2) is 24.3 Å². The number of benzene rings is 1. The number of hydrogen-bond donors (Lipinski definition) is 1. The van der Waals surface area contributed by atoms with E-state index in [-0.39, 0.29) is 0 Å². The lowest BCUT2D eigenvalue weighted by molar-refractivity contribution is 0.0798. The van der Waals surface area contributed by atoms with E-state index >= 15 is 0 Å². The fourth-order valence-corrected chi connectivity index (χ4v) is 3.01. The summed E-state index contributed by atoms with van der Waals surface area (Å²) in [5, 5.41) is 0. The first-order valence-electron chi connectivity index (χ1n) is 7.14. The van der Waals surface area contributed by atoms with Gasteiger partial charge in [0.15, 0.2) is 0 Å². The Bertz CT molecular complexity index is 371. The number of nitrogens with two attached hydrogens (primary N) is 1. The molecule has 0 aromatic heterocycles. The van der Waals surface area contributed by atoms with E-state index in [4.69, 9.17) is 5.73 Å². The van der Waals surface area contributed by atoms with E-state index in [0.29, 0.717) is 18.6 Å². The van der Waals surface area contributed by atoms with Crippen molar-refractivity contribution in [2.24, 2.45) is 11.7 Å². The number of nitrogens with zero attached hydrogens (tertiary/aromatic N) is 1. The predicted octanol–water partition coefficient (Wildman–Crippen LogP) is 3.12. The van der Waals surface area contributed by atoms with Crippen molar-refractivity contribution >= 4 is 0 Å². The van der Waals surface area contributed by atoms with Gasteiger partial charge in [0.05, 0.1) is 0 Å². The zero-order valence-electron chi connectivity index (χ0n) is 11.9. The van der Waals surface area contributed by atoms with E-state index in [0.717, 1.165) is 5.92 Å². The van der Waals surface area contributed by atoms with Crippen LogP contribution in [0.2, 0.25) is 0 Å². The molecule has 3 atom stereocenters. The summed E-state index contributed by atoms with van der Waals surface area (Å²) in [7, 11) is 0. The minimum Gasteiger partial charge on any atom is -0.329 e. The van der Waals surface area contributed by atoms with Crippen molar-refractivity contribution in [3.05, 3.63) is 35.4 Å². The number of piperidine rings is 1. The number of hydrogen-bond acceptors (Lipinski definition) is 2. The van der Waals surface area contributed by atoms with Gasteiger partial charge in [-0.3, -0.25) is 4.90 Å². The minimum atomic E-state index is 0.378. The average Bonchev–Trinajstić information content (AvgIpc) is 2.37. The summed E-state index contributed by atoms with van der Waals surface area (Å²) >= 11 is 0. The van der Waals surface area contributed by atoms with Crippen LogP contribution in [-0.4, -0.2) is 24.0 Å². The van der Waals surface area contributed by atoms with Crippen LogP contribution in [0.3, 0.4) is 0 Å². The maximum absolute atomic E-state index is 6.04. The summed E-state index contributed by atoms with van der Waals surface area (Å²) in [5.74, 6) is 0.792. The maximum Gasteiger partial charge on any atom is 0.0473 e. The van der Waals surface area contributed by atoms with Crippen LogP contribution in [0.5, 0.6) is 0 Å². The summed E-state index contributed by atoms with van der Waals surface area (Å²) in [6.45, 7) is 8.70. The fraction of sp³-hybridized carbons (Fsp3) is 0.625. The highest BCUT2D eigenvalue weighted by atomic mass is 15.2. The zero-order valence-corrected chi connectivity index (χ0v) is 11.9. The third kappa shape index (κ3) is 2.93. The molecule has 2 nitrogen and oxygen atoms in total. The molecule has 1 fully saturated rings. The number of aryl methyl sites for hydroxylation is 1. The first kappa shape index (κ1) is 13.6. The molecule has 0 bridgehead atoms. The van der Waals surface area contributed by atoms with E-state index in [2.05, 4.69) is 49.9 Å². The van der Waals surface area contributed by atoms with Crippen LogP contribution in [0.25, 0.3) is 0 Å². The first-order valence-corrected chi connectivity index (χ1v) is 7.14. The molecule has 0 spiro atoms. The van der Waals surface area contributed by atoms with Crippen molar-refractivity contribution in [1.29, 1.82) is 0 Å². The van der Waals surface area contributed by atoms with Crippen molar-refractivity contribution < 1.29 is 0 Å². The van der Waals surface area contributed by atoms with Gasteiger partial charge in [-0.05, 0) is 38.2 Å². The molecule has 1 aromatic carbocycles. The van der Waals surface area contributed by atoms with Crippen molar-refractivity contribution in [3.8, 4) is 0 Å². The van der Waals surface area contributed by atoms with Gasteiger partial charge in [0, 0.05) is 25.2 Å².